The highest BCUT2D eigenvalue weighted by atomic mass is 19.1. The van der Waals surface area contributed by atoms with Crippen LogP contribution in [0, 0.1) is 34.4 Å². The Morgan fingerprint density at radius 3 is 2.63 bits per heavy atom. The number of Topliss-reactive ketones (excluding diaryl/α,β-unsaturated/α-hetero) is 1. The van der Waals surface area contributed by atoms with E-state index in [1.54, 1.807) is 24.6 Å². The summed E-state index contributed by atoms with van der Waals surface area (Å²) in [6.07, 6.45) is 12.7. The van der Waals surface area contributed by atoms with Crippen LogP contribution in [0.15, 0.2) is 36.0 Å². The van der Waals surface area contributed by atoms with E-state index in [9.17, 15) is 9.18 Å². The highest BCUT2D eigenvalue weighted by Crippen LogP contribution is 2.71. The zero-order chi connectivity index (χ0) is 20.7. The molecule has 1 aromatic heterocycles. The van der Waals surface area contributed by atoms with Crippen molar-refractivity contribution < 1.29 is 9.18 Å². The molecule has 156 valence electrons. The normalized spacial score (nSPS) is 32.9. The summed E-state index contributed by atoms with van der Waals surface area (Å²) in [5, 5.41) is 4.67. The van der Waals surface area contributed by atoms with Crippen LogP contribution in [0.2, 0.25) is 0 Å². The van der Waals surface area contributed by atoms with Crippen molar-refractivity contribution in [3.8, 4) is 5.69 Å². The molecule has 0 bridgehead atoms. The number of hydrogen-bond donors (Lipinski definition) is 0. The minimum atomic E-state index is -0.228. The molecule has 3 fully saturated rings. The molecule has 4 unspecified atom stereocenters. The molecule has 0 saturated heterocycles. The van der Waals surface area contributed by atoms with Crippen LogP contribution < -0.4 is 0 Å². The third kappa shape index (κ3) is 2.55. The Morgan fingerprint density at radius 2 is 2.00 bits per heavy atom. The number of carbonyl (C=O) groups excluding carboxylic acids is 1. The zero-order valence-electron chi connectivity index (χ0n) is 17.8. The number of halogens is 1. The Balaban J connectivity index is 1.44. The SMILES string of the molecule is CC(=O)CC1CC(C2CCC23CC3)C2=Cc3c(cnn3-c3ccc(F)cc3)CC21C. The first-order valence-electron chi connectivity index (χ1n) is 11.4. The van der Waals surface area contributed by atoms with Gasteiger partial charge < -0.3 is 4.79 Å². The number of aromatic nitrogens is 2. The molecule has 3 nitrogen and oxygen atoms in total. The lowest BCUT2D eigenvalue weighted by Crippen LogP contribution is -2.36. The van der Waals surface area contributed by atoms with E-state index in [4.69, 9.17) is 0 Å². The first kappa shape index (κ1) is 18.5. The molecule has 6 rings (SSSR count). The average molecular weight is 405 g/mol. The monoisotopic (exact) mass is 404 g/mol. The molecule has 0 N–H and O–H groups in total. The Hall–Kier alpha value is -2.23. The molecular formula is C26H29FN2O. The second kappa shape index (κ2) is 6.15. The lowest BCUT2D eigenvalue weighted by molar-refractivity contribution is -0.118. The van der Waals surface area contributed by atoms with Crippen molar-refractivity contribution in [1.29, 1.82) is 0 Å². The fourth-order valence-electron chi connectivity index (χ4n) is 7.05. The minimum Gasteiger partial charge on any atom is -0.300 e. The largest absolute Gasteiger partial charge is 0.300 e. The van der Waals surface area contributed by atoms with E-state index in [0.717, 1.165) is 30.1 Å². The molecule has 4 atom stereocenters. The quantitative estimate of drug-likeness (QED) is 0.649. The molecule has 0 amide bonds. The first-order chi connectivity index (χ1) is 14.4. The standard InChI is InChI=1S/C26H29FN2O/c1-16(30)11-18-12-21(22-7-8-26(22)9-10-26)23-13-24-17(14-25(18,23)2)15-28-29(24)20-5-3-19(27)4-6-20/h3-6,13,15,18,21-22H,7-12,14H2,1-2H3. The number of benzene rings is 1. The number of hydrogen-bond acceptors (Lipinski definition) is 2. The molecule has 0 aliphatic heterocycles. The van der Waals surface area contributed by atoms with Gasteiger partial charge in [-0.2, -0.15) is 5.10 Å². The van der Waals surface area contributed by atoms with Gasteiger partial charge in [-0.15, -0.1) is 0 Å². The molecule has 2 aromatic rings. The van der Waals surface area contributed by atoms with Crippen LogP contribution in [0.1, 0.15) is 63.6 Å². The van der Waals surface area contributed by atoms with Crippen molar-refractivity contribution in [2.24, 2.45) is 28.6 Å². The fourth-order valence-corrected chi connectivity index (χ4v) is 7.05. The van der Waals surface area contributed by atoms with Crippen LogP contribution in [0.25, 0.3) is 11.8 Å². The Bertz CT molecular complexity index is 1060. The maximum Gasteiger partial charge on any atom is 0.130 e. The van der Waals surface area contributed by atoms with E-state index < -0.39 is 0 Å². The van der Waals surface area contributed by atoms with Crippen LogP contribution in [0.3, 0.4) is 0 Å². The van der Waals surface area contributed by atoms with E-state index >= 15 is 0 Å². The minimum absolute atomic E-state index is 0.0473. The third-order valence-corrected chi connectivity index (χ3v) is 8.96. The van der Waals surface area contributed by atoms with Gasteiger partial charge in [-0.3, -0.25) is 0 Å². The number of ketones is 1. The molecule has 0 radical (unpaired) electrons. The van der Waals surface area contributed by atoms with Gasteiger partial charge >= 0.3 is 0 Å². The summed E-state index contributed by atoms with van der Waals surface area (Å²) in [5.74, 6) is 1.89. The predicted octanol–water partition coefficient (Wildman–Crippen LogP) is 5.76. The van der Waals surface area contributed by atoms with Gasteiger partial charge in [0.1, 0.15) is 11.6 Å². The maximum absolute atomic E-state index is 13.4. The molecule has 4 aliphatic rings. The topological polar surface area (TPSA) is 34.9 Å². The summed E-state index contributed by atoms with van der Waals surface area (Å²) in [6, 6.07) is 6.58. The molecule has 3 saturated carbocycles. The average Bonchev–Trinajstić information content (AvgIpc) is 3.37. The van der Waals surface area contributed by atoms with Gasteiger partial charge in [-0.1, -0.05) is 12.5 Å². The van der Waals surface area contributed by atoms with Gasteiger partial charge in [0.25, 0.3) is 0 Å². The molecule has 1 spiro atoms. The Kier molecular flexibility index (Phi) is 3.80. The van der Waals surface area contributed by atoms with Crippen molar-refractivity contribution in [1.82, 2.24) is 9.78 Å². The van der Waals surface area contributed by atoms with Crippen LogP contribution in [-0.4, -0.2) is 15.6 Å². The fraction of sp³-hybridized carbons (Fsp3) is 0.538. The van der Waals surface area contributed by atoms with Crippen molar-refractivity contribution in [2.75, 3.05) is 0 Å². The third-order valence-electron chi connectivity index (χ3n) is 8.96. The van der Waals surface area contributed by atoms with Crippen LogP contribution in [0.4, 0.5) is 4.39 Å². The number of rotatable bonds is 4. The van der Waals surface area contributed by atoms with Gasteiger partial charge in [0, 0.05) is 6.42 Å². The zero-order valence-corrected chi connectivity index (χ0v) is 17.8. The lowest BCUT2D eigenvalue weighted by Gasteiger charge is -2.44. The van der Waals surface area contributed by atoms with Gasteiger partial charge in [0.15, 0.2) is 0 Å². The number of nitrogens with zero attached hydrogens (tertiary/aromatic N) is 2. The van der Waals surface area contributed by atoms with Gasteiger partial charge in [-0.25, -0.2) is 9.07 Å². The van der Waals surface area contributed by atoms with E-state index in [1.807, 2.05) is 10.9 Å². The number of carbonyl (C=O) groups is 1. The van der Waals surface area contributed by atoms with Crippen LogP contribution in [0.5, 0.6) is 0 Å². The summed E-state index contributed by atoms with van der Waals surface area (Å²) >= 11 is 0. The summed E-state index contributed by atoms with van der Waals surface area (Å²) in [5.41, 5.74) is 5.51. The molecule has 4 heteroatoms. The van der Waals surface area contributed by atoms with E-state index in [-0.39, 0.29) is 11.2 Å². The Labute approximate surface area is 177 Å². The van der Waals surface area contributed by atoms with Gasteiger partial charge in [0.05, 0.1) is 17.6 Å². The van der Waals surface area contributed by atoms with E-state index in [1.165, 1.54) is 43.4 Å². The second-order valence-electron chi connectivity index (χ2n) is 10.6. The summed E-state index contributed by atoms with van der Waals surface area (Å²) in [6.45, 7) is 4.13. The molecule has 1 heterocycles. The molecule has 1 aromatic carbocycles. The predicted molar refractivity (Wildman–Crippen MR) is 115 cm³/mol. The summed E-state index contributed by atoms with van der Waals surface area (Å²) < 4.78 is 15.4. The smallest absolute Gasteiger partial charge is 0.130 e. The second-order valence-corrected chi connectivity index (χ2v) is 10.6. The lowest BCUT2D eigenvalue weighted by atomic mass is 9.60. The summed E-state index contributed by atoms with van der Waals surface area (Å²) in [4.78, 5) is 12.1. The summed E-state index contributed by atoms with van der Waals surface area (Å²) in [7, 11) is 0. The maximum atomic E-state index is 13.4. The van der Waals surface area contributed by atoms with E-state index in [2.05, 4.69) is 18.1 Å². The van der Waals surface area contributed by atoms with Crippen molar-refractivity contribution in [2.45, 2.75) is 58.8 Å². The highest BCUT2D eigenvalue weighted by molar-refractivity contribution is 5.76. The molecular weight excluding hydrogens is 375 g/mol. The Morgan fingerprint density at radius 1 is 1.23 bits per heavy atom. The van der Waals surface area contributed by atoms with Crippen molar-refractivity contribution in [3.63, 3.8) is 0 Å². The molecule has 30 heavy (non-hydrogen) atoms. The number of fused-ring (bicyclic) bond motifs is 2. The van der Waals surface area contributed by atoms with Gasteiger partial charge in [0.2, 0.25) is 0 Å². The van der Waals surface area contributed by atoms with Gasteiger partial charge in [-0.05, 0) is 110 Å². The van der Waals surface area contributed by atoms with Crippen molar-refractivity contribution >= 4 is 11.9 Å². The van der Waals surface area contributed by atoms with Crippen molar-refractivity contribution in [3.05, 3.63) is 53.1 Å². The van der Waals surface area contributed by atoms with E-state index in [0.29, 0.717) is 29.5 Å². The first-order valence-corrected chi connectivity index (χ1v) is 11.4. The molecule has 4 aliphatic carbocycles. The number of allylic oxidation sites excluding steroid dienone is 1. The van der Waals surface area contributed by atoms with Crippen LogP contribution in [-0.2, 0) is 11.2 Å². The highest BCUT2D eigenvalue weighted by Gasteiger charge is 2.62. The van der Waals surface area contributed by atoms with Crippen LogP contribution >= 0.6 is 0 Å².